The molecule has 7 nitrogen and oxygen atoms in total. The lowest BCUT2D eigenvalue weighted by atomic mass is 10.1. The molecule has 1 amide bonds. The quantitative estimate of drug-likeness (QED) is 0.698. The SMILES string of the molecule is Cc1ccc(-n2cccc2/C=C2\C(=N)N3N=C(c4ccco4)CC3=NC2=O)cc1. The fourth-order valence-electron chi connectivity index (χ4n) is 3.41. The molecule has 2 aliphatic heterocycles. The predicted octanol–water partition coefficient (Wildman–Crippen LogP) is 3.79. The molecule has 0 radical (unpaired) electrons. The number of aliphatic imine (C=N–C) groups is 1. The molecule has 0 atom stereocenters. The number of furan rings is 1. The molecule has 4 heterocycles. The number of carbonyl (C=O) groups excluding carboxylic acids is 1. The summed E-state index contributed by atoms with van der Waals surface area (Å²) in [7, 11) is 0. The van der Waals surface area contributed by atoms with Crippen LogP contribution in [0.15, 0.2) is 81.1 Å². The molecule has 0 saturated carbocycles. The first-order valence-corrected chi connectivity index (χ1v) is 9.18. The second-order valence-electron chi connectivity index (χ2n) is 6.89. The van der Waals surface area contributed by atoms with Gasteiger partial charge in [0.25, 0.3) is 5.91 Å². The number of nitrogens with one attached hydrogen (secondary N) is 1. The highest BCUT2D eigenvalue weighted by molar-refractivity contribution is 6.34. The van der Waals surface area contributed by atoms with Gasteiger partial charge in [-0.05, 0) is 49.4 Å². The number of rotatable bonds is 3. The van der Waals surface area contributed by atoms with E-state index in [4.69, 9.17) is 9.83 Å². The molecule has 3 aromatic rings. The molecule has 0 unspecified atom stereocenters. The maximum Gasteiger partial charge on any atom is 0.282 e. The van der Waals surface area contributed by atoms with Crippen LogP contribution in [-0.2, 0) is 4.79 Å². The van der Waals surface area contributed by atoms with E-state index in [9.17, 15) is 4.79 Å². The number of fused-ring (bicyclic) bond motifs is 1. The molecule has 142 valence electrons. The number of hydrazone groups is 1. The fourth-order valence-corrected chi connectivity index (χ4v) is 3.41. The Morgan fingerprint density at radius 2 is 1.97 bits per heavy atom. The molecule has 0 bridgehead atoms. The minimum absolute atomic E-state index is 0.0122. The van der Waals surface area contributed by atoms with Crippen LogP contribution in [0, 0.1) is 12.3 Å². The van der Waals surface area contributed by atoms with Crippen molar-refractivity contribution in [3.63, 3.8) is 0 Å². The molecule has 0 fully saturated rings. The molecule has 1 N–H and O–H groups in total. The molecule has 5 rings (SSSR count). The van der Waals surface area contributed by atoms with Crippen molar-refractivity contribution in [3.05, 3.63) is 83.6 Å². The molecular formula is C22H17N5O2. The van der Waals surface area contributed by atoms with Gasteiger partial charge in [0.05, 0.1) is 18.3 Å². The number of amidine groups is 2. The van der Waals surface area contributed by atoms with Crippen LogP contribution in [0.25, 0.3) is 11.8 Å². The first-order chi connectivity index (χ1) is 14.1. The maximum atomic E-state index is 12.7. The van der Waals surface area contributed by atoms with Gasteiger partial charge in [-0.15, -0.1) is 0 Å². The van der Waals surface area contributed by atoms with Gasteiger partial charge in [0, 0.05) is 17.6 Å². The van der Waals surface area contributed by atoms with Crippen molar-refractivity contribution in [2.75, 3.05) is 0 Å². The zero-order valence-electron chi connectivity index (χ0n) is 15.7. The number of aromatic nitrogens is 1. The number of hydrogen-bond donors (Lipinski definition) is 1. The van der Waals surface area contributed by atoms with Crippen molar-refractivity contribution in [1.29, 1.82) is 5.41 Å². The van der Waals surface area contributed by atoms with Gasteiger partial charge >= 0.3 is 0 Å². The highest BCUT2D eigenvalue weighted by Crippen LogP contribution is 2.25. The zero-order valence-corrected chi connectivity index (χ0v) is 15.7. The van der Waals surface area contributed by atoms with Gasteiger partial charge in [-0.2, -0.15) is 15.1 Å². The third kappa shape index (κ3) is 2.93. The first kappa shape index (κ1) is 17.1. The molecule has 29 heavy (non-hydrogen) atoms. The summed E-state index contributed by atoms with van der Waals surface area (Å²) in [5.74, 6) is 0.630. The molecule has 2 aromatic heterocycles. The van der Waals surface area contributed by atoms with E-state index >= 15 is 0 Å². The molecular weight excluding hydrogens is 366 g/mol. The van der Waals surface area contributed by atoms with Crippen LogP contribution >= 0.6 is 0 Å². The molecule has 0 aliphatic carbocycles. The standard InChI is InChI=1S/C22H17N5O2/c1-14-6-8-15(9-7-14)26-10-2-4-16(26)12-17-21(23)27-20(24-22(17)28)13-18(25-27)19-5-3-11-29-19/h2-12,23H,13H2,1H3/b17-12+,23-21?. The van der Waals surface area contributed by atoms with E-state index in [1.165, 1.54) is 10.6 Å². The Balaban J connectivity index is 1.51. The first-order valence-electron chi connectivity index (χ1n) is 9.18. The van der Waals surface area contributed by atoms with Gasteiger partial charge in [-0.1, -0.05) is 17.7 Å². The Morgan fingerprint density at radius 3 is 2.72 bits per heavy atom. The number of benzene rings is 1. The van der Waals surface area contributed by atoms with Gasteiger partial charge in [-0.3, -0.25) is 10.2 Å². The summed E-state index contributed by atoms with van der Waals surface area (Å²) < 4.78 is 7.35. The summed E-state index contributed by atoms with van der Waals surface area (Å²) in [6.07, 6.45) is 5.53. The highest BCUT2D eigenvalue weighted by Gasteiger charge is 2.35. The Morgan fingerprint density at radius 1 is 1.14 bits per heavy atom. The van der Waals surface area contributed by atoms with Crippen LogP contribution in [0.2, 0.25) is 0 Å². The second-order valence-corrected chi connectivity index (χ2v) is 6.89. The van der Waals surface area contributed by atoms with Gasteiger partial charge in [0.15, 0.2) is 5.84 Å². The zero-order chi connectivity index (χ0) is 20.0. The van der Waals surface area contributed by atoms with E-state index in [0.717, 1.165) is 11.4 Å². The minimum atomic E-state index is -0.436. The lowest BCUT2D eigenvalue weighted by Crippen LogP contribution is -2.36. The number of carbonyl (C=O) groups is 1. The molecule has 2 aliphatic rings. The lowest BCUT2D eigenvalue weighted by Gasteiger charge is -2.21. The topological polar surface area (TPSA) is 86.9 Å². The van der Waals surface area contributed by atoms with Crippen molar-refractivity contribution in [1.82, 2.24) is 9.58 Å². The minimum Gasteiger partial charge on any atom is -0.463 e. The summed E-state index contributed by atoms with van der Waals surface area (Å²) >= 11 is 0. The van der Waals surface area contributed by atoms with Gasteiger partial charge < -0.3 is 8.98 Å². The lowest BCUT2D eigenvalue weighted by molar-refractivity contribution is -0.114. The van der Waals surface area contributed by atoms with E-state index in [1.54, 1.807) is 24.5 Å². The van der Waals surface area contributed by atoms with Gasteiger partial charge in [-0.25, -0.2) is 0 Å². The van der Waals surface area contributed by atoms with E-state index in [-0.39, 0.29) is 11.4 Å². The maximum absolute atomic E-state index is 12.7. The second kappa shape index (κ2) is 6.56. The Labute approximate surface area is 166 Å². The Hall–Kier alpha value is -4.00. The van der Waals surface area contributed by atoms with Crippen LogP contribution in [0.1, 0.15) is 23.4 Å². The third-order valence-corrected chi connectivity index (χ3v) is 4.91. The summed E-state index contributed by atoms with van der Waals surface area (Å²) in [5, 5.41) is 14.4. The number of aryl methyl sites for hydroxylation is 1. The summed E-state index contributed by atoms with van der Waals surface area (Å²) in [6, 6.07) is 15.5. The monoisotopic (exact) mass is 383 g/mol. The van der Waals surface area contributed by atoms with E-state index in [1.807, 2.05) is 54.1 Å². The van der Waals surface area contributed by atoms with Crippen molar-refractivity contribution in [3.8, 4) is 5.69 Å². The molecule has 0 spiro atoms. The molecule has 0 saturated heterocycles. The molecule has 1 aromatic carbocycles. The van der Waals surface area contributed by atoms with Crippen molar-refractivity contribution >= 4 is 29.4 Å². The van der Waals surface area contributed by atoms with Crippen LogP contribution in [0.5, 0.6) is 0 Å². The van der Waals surface area contributed by atoms with Crippen LogP contribution < -0.4 is 0 Å². The van der Waals surface area contributed by atoms with Crippen molar-refractivity contribution in [2.45, 2.75) is 13.3 Å². The van der Waals surface area contributed by atoms with E-state index in [0.29, 0.717) is 23.7 Å². The average Bonchev–Trinajstić information content (AvgIpc) is 3.45. The summed E-state index contributed by atoms with van der Waals surface area (Å²) in [5.41, 5.74) is 3.78. The van der Waals surface area contributed by atoms with Gasteiger partial charge in [0.2, 0.25) is 0 Å². The Bertz CT molecular complexity index is 1210. The average molecular weight is 383 g/mol. The highest BCUT2D eigenvalue weighted by atomic mass is 16.3. The van der Waals surface area contributed by atoms with Crippen molar-refractivity contribution < 1.29 is 9.21 Å². The largest absolute Gasteiger partial charge is 0.463 e. The number of hydrogen-bond acceptors (Lipinski definition) is 4. The fraction of sp³-hybridized carbons (Fsp3) is 0.0909. The van der Waals surface area contributed by atoms with Gasteiger partial charge in [0.1, 0.15) is 17.3 Å². The number of nitrogens with zero attached hydrogens (tertiary/aromatic N) is 4. The number of amides is 1. The van der Waals surface area contributed by atoms with E-state index in [2.05, 4.69) is 10.1 Å². The van der Waals surface area contributed by atoms with Crippen LogP contribution in [0.4, 0.5) is 0 Å². The van der Waals surface area contributed by atoms with E-state index < -0.39 is 5.91 Å². The van der Waals surface area contributed by atoms with Crippen LogP contribution in [0.3, 0.4) is 0 Å². The third-order valence-electron chi connectivity index (χ3n) is 4.91. The van der Waals surface area contributed by atoms with Crippen LogP contribution in [-0.4, -0.2) is 32.9 Å². The molecule has 7 heteroatoms. The summed E-state index contributed by atoms with van der Waals surface area (Å²) in [6.45, 7) is 2.04. The summed E-state index contributed by atoms with van der Waals surface area (Å²) in [4.78, 5) is 16.8. The Kier molecular flexibility index (Phi) is 3.87. The van der Waals surface area contributed by atoms with Crippen molar-refractivity contribution in [2.24, 2.45) is 10.1 Å². The predicted molar refractivity (Wildman–Crippen MR) is 110 cm³/mol. The smallest absolute Gasteiger partial charge is 0.282 e. The normalized spacial score (nSPS) is 17.6.